The molecule has 0 aliphatic rings. The Labute approximate surface area is 179 Å². The maximum atomic E-state index is 12.8. The van der Waals surface area contributed by atoms with Gasteiger partial charge in [-0.05, 0) is 53.7 Å². The summed E-state index contributed by atoms with van der Waals surface area (Å²) in [5.41, 5.74) is 1.10. The van der Waals surface area contributed by atoms with E-state index in [4.69, 9.17) is 4.74 Å². The molecule has 5 heteroatoms. The van der Waals surface area contributed by atoms with Crippen LogP contribution in [-0.2, 0) is 19.1 Å². The second kappa shape index (κ2) is 9.23. The number of hydrogen-bond donors (Lipinski definition) is 1. The highest BCUT2D eigenvalue weighted by Crippen LogP contribution is 2.31. The van der Waals surface area contributed by atoms with Crippen LogP contribution in [0.1, 0.15) is 16.7 Å². The second-order valence-electron chi connectivity index (χ2n) is 7.35. The van der Waals surface area contributed by atoms with Crippen molar-refractivity contribution in [3.8, 4) is 11.5 Å². The van der Waals surface area contributed by atoms with Gasteiger partial charge in [0.1, 0.15) is 11.5 Å². The van der Waals surface area contributed by atoms with Gasteiger partial charge in [-0.2, -0.15) is 13.2 Å². The van der Waals surface area contributed by atoms with E-state index < -0.39 is 11.7 Å². The highest BCUT2D eigenvalue weighted by molar-refractivity contribution is 5.88. The van der Waals surface area contributed by atoms with Gasteiger partial charge in [0.2, 0.25) is 0 Å². The van der Waals surface area contributed by atoms with Crippen molar-refractivity contribution in [3.63, 3.8) is 0 Å². The average Bonchev–Trinajstić information content (AvgIpc) is 2.77. The minimum atomic E-state index is -4.31. The van der Waals surface area contributed by atoms with Gasteiger partial charge in [-0.1, -0.05) is 66.7 Å². The maximum absolute atomic E-state index is 12.8. The number of halogens is 3. The topological polar surface area (TPSA) is 21.3 Å². The molecule has 158 valence electrons. The van der Waals surface area contributed by atoms with Gasteiger partial charge < -0.3 is 10.1 Å². The molecule has 0 amide bonds. The molecule has 4 aromatic rings. The van der Waals surface area contributed by atoms with Crippen molar-refractivity contribution in [3.05, 3.63) is 108 Å². The van der Waals surface area contributed by atoms with E-state index >= 15 is 0 Å². The third-order valence-corrected chi connectivity index (χ3v) is 5.05. The van der Waals surface area contributed by atoms with Gasteiger partial charge in [0, 0.05) is 11.9 Å². The molecule has 0 saturated heterocycles. The molecule has 4 aromatic carbocycles. The monoisotopic (exact) mass is 421 g/mol. The summed E-state index contributed by atoms with van der Waals surface area (Å²) in [6.07, 6.45) is -3.79. The van der Waals surface area contributed by atoms with Gasteiger partial charge >= 0.3 is 6.18 Å². The van der Waals surface area contributed by atoms with Crippen LogP contribution in [0.15, 0.2) is 91.0 Å². The second-order valence-corrected chi connectivity index (χ2v) is 7.35. The summed E-state index contributed by atoms with van der Waals surface area (Å²) in [6, 6.07) is 27.3. The SMILES string of the molecule is FC(F)(F)c1cccc(CCNCc2cccc(Oc3cccc4ccccc34)c2)c1. The standard InChI is InChI=1S/C26H22F3NO/c27-26(28,29)22-10-3-6-19(16-22)14-15-30-18-20-7-4-11-23(17-20)31-25-13-5-9-21-8-1-2-12-24(21)25/h1-13,16-17,30H,14-15,18H2. The number of alkyl halides is 3. The molecule has 0 unspecified atom stereocenters. The molecule has 0 radical (unpaired) electrons. The largest absolute Gasteiger partial charge is 0.457 e. The number of benzene rings is 4. The lowest BCUT2D eigenvalue weighted by Gasteiger charge is -2.11. The van der Waals surface area contributed by atoms with Gasteiger partial charge in [0.15, 0.2) is 0 Å². The molecule has 1 N–H and O–H groups in total. The third-order valence-electron chi connectivity index (χ3n) is 5.05. The molecule has 0 atom stereocenters. The lowest BCUT2D eigenvalue weighted by atomic mass is 10.1. The van der Waals surface area contributed by atoms with Crippen molar-refractivity contribution in [2.75, 3.05) is 6.54 Å². The third kappa shape index (κ3) is 5.44. The molecule has 2 nitrogen and oxygen atoms in total. The summed E-state index contributed by atoms with van der Waals surface area (Å²) in [5, 5.41) is 5.46. The van der Waals surface area contributed by atoms with Gasteiger partial charge in [-0.15, -0.1) is 0 Å². The first-order valence-electron chi connectivity index (χ1n) is 10.1. The van der Waals surface area contributed by atoms with E-state index in [1.807, 2.05) is 66.7 Å². The van der Waals surface area contributed by atoms with E-state index in [2.05, 4.69) is 5.32 Å². The molecule has 0 spiro atoms. The van der Waals surface area contributed by atoms with E-state index in [0.29, 0.717) is 25.1 Å². The average molecular weight is 421 g/mol. The first-order chi connectivity index (χ1) is 15.0. The Balaban J connectivity index is 1.35. The summed E-state index contributed by atoms with van der Waals surface area (Å²) >= 11 is 0. The Kier molecular flexibility index (Phi) is 6.23. The molecule has 4 rings (SSSR count). The van der Waals surface area contributed by atoms with E-state index in [1.165, 1.54) is 12.1 Å². The van der Waals surface area contributed by atoms with Gasteiger partial charge in [0.05, 0.1) is 5.56 Å². The van der Waals surface area contributed by atoms with Crippen molar-refractivity contribution in [2.45, 2.75) is 19.1 Å². The van der Waals surface area contributed by atoms with Gasteiger partial charge in [-0.3, -0.25) is 0 Å². The predicted molar refractivity (Wildman–Crippen MR) is 117 cm³/mol. The summed E-state index contributed by atoms with van der Waals surface area (Å²) in [5.74, 6) is 1.54. The Hall–Kier alpha value is -3.31. The zero-order valence-corrected chi connectivity index (χ0v) is 16.8. The van der Waals surface area contributed by atoms with E-state index in [-0.39, 0.29) is 0 Å². The van der Waals surface area contributed by atoms with Gasteiger partial charge in [0.25, 0.3) is 0 Å². The Morgan fingerprint density at radius 1 is 0.742 bits per heavy atom. The first-order valence-corrected chi connectivity index (χ1v) is 10.1. The summed E-state index contributed by atoms with van der Waals surface area (Å²) < 4.78 is 44.6. The van der Waals surface area contributed by atoms with Crippen LogP contribution >= 0.6 is 0 Å². The molecule has 0 saturated carbocycles. The Bertz CT molecular complexity index is 1170. The molecular formula is C26H22F3NO. The smallest absolute Gasteiger partial charge is 0.416 e. The molecule has 0 aliphatic carbocycles. The molecule has 0 bridgehead atoms. The van der Waals surface area contributed by atoms with Gasteiger partial charge in [-0.25, -0.2) is 0 Å². The highest BCUT2D eigenvalue weighted by atomic mass is 19.4. The van der Waals surface area contributed by atoms with Crippen LogP contribution < -0.4 is 10.1 Å². The summed E-state index contributed by atoms with van der Waals surface area (Å²) in [4.78, 5) is 0. The number of rotatable bonds is 7. The van der Waals surface area contributed by atoms with Crippen LogP contribution in [0.2, 0.25) is 0 Å². The predicted octanol–water partition coefficient (Wildman–Crippen LogP) is 6.98. The van der Waals surface area contributed by atoms with Crippen molar-refractivity contribution in [1.82, 2.24) is 5.32 Å². The van der Waals surface area contributed by atoms with E-state index in [9.17, 15) is 13.2 Å². The normalized spacial score (nSPS) is 11.6. The summed E-state index contributed by atoms with van der Waals surface area (Å²) in [7, 11) is 0. The number of ether oxygens (including phenoxy) is 1. The fourth-order valence-corrected chi connectivity index (χ4v) is 3.50. The quantitative estimate of drug-likeness (QED) is 0.325. The molecule has 31 heavy (non-hydrogen) atoms. The fraction of sp³-hybridized carbons (Fsp3) is 0.154. The summed E-state index contributed by atoms with van der Waals surface area (Å²) in [6.45, 7) is 1.18. The fourth-order valence-electron chi connectivity index (χ4n) is 3.50. The minimum Gasteiger partial charge on any atom is -0.457 e. The number of nitrogens with one attached hydrogen (secondary N) is 1. The lowest BCUT2D eigenvalue weighted by Crippen LogP contribution is -2.17. The molecule has 0 fully saturated rings. The van der Waals surface area contributed by atoms with Crippen molar-refractivity contribution in [1.29, 1.82) is 0 Å². The number of hydrogen-bond acceptors (Lipinski definition) is 2. The Morgan fingerprint density at radius 2 is 1.48 bits per heavy atom. The Morgan fingerprint density at radius 3 is 2.35 bits per heavy atom. The number of fused-ring (bicyclic) bond motifs is 1. The van der Waals surface area contributed by atoms with Crippen LogP contribution in [0.3, 0.4) is 0 Å². The van der Waals surface area contributed by atoms with Crippen LogP contribution in [0.25, 0.3) is 10.8 Å². The molecular weight excluding hydrogens is 399 g/mol. The van der Waals surface area contributed by atoms with E-state index in [1.54, 1.807) is 6.07 Å². The highest BCUT2D eigenvalue weighted by Gasteiger charge is 2.30. The van der Waals surface area contributed by atoms with Crippen LogP contribution in [-0.4, -0.2) is 6.54 Å². The van der Waals surface area contributed by atoms with Crippen LogP contribution in [0.4, 0.5) is 13.2 Å². The molecule has 0 heterocycles. The van der Waals surface area contributed by atoms with Crippen molar-refractivity contribution >= 4 is 10.8 Å². The molecule has 0 aromatic heterocycles. The lowest BCUT2D eigenvalue weighted by molar-refractivity contribution is -0.137. The molecule has 0 aliphatic heterocycles. The van der Waals surface area contributed by atoms with E-state index in [0.717, 1.165) is 33.9 Å². The zero-order valence-electron chi connectivity index (χ0n) is 16.8. The minimum absolute atomic E-state index is 0.524. The zero-order chi connectivity index (χ0) is 21.7. The van der Waals surface area contributed by atoms with Crippen molar-refractivity contribution < 1.29 is 17.9 Å². The van der Waals surface area contributed by atoms with Crippen molar-refractivity contribution in [2.24, 2.45) is 0 Å². The van der Waals surface area contributed by atoms with Crippen LogP contribution in [0.5, 0.6) is 11.5 Å². The maximum Gasteiger partial charge on any atom is 0.416 e. The first kappa shape index (κ1) is 20.9. The van der Waals surface area contributed by atoms with Crippen LogP contribution in [0, 0.1) is 0 Å².